The number of hydrogen-bond acceptors (Lipinski definition) is 7. The first-order chi connectivity index (χ1) is 11.8. The Morgan fingerprint density at radius 2 is 1.58 bits per heavy atom. The van der Waals surface area contributed by atoms with Crippen LogP contribution in [0.5, 0.6) is 5.88 Å². The molecular formula is C17H18N6O. The summed E-state index contributed by atoms with van der Waals surface area (Å²) in [5.41, 5.74) is 1.85. The molecule has 1 aliphatic heterocycles. The Kier molecular flexibility index (Phi) is 3.82. The lowest BCUT2D eigenvalue weighted by Gasteiger charge is -2.35. The average molecular weight is 322 g/mol. The van der Waals surface area contributed by atoms with E-state index in [1.165, 1.54) is 6.33 Å². The van der Waals surface area contributed by atoms with E-state index in [1.54, 1.807) is 7.11 Å². The maximum Gasteiger partial charge on any atom is 0.218 e. The van der Waals surface area contributed by atoms with Crippen molar-refractivity contribution in [2.24, 2.45) is 0 Å². The van der Waals surface area contributed by atoms with Gasteiger partial charge in [0.15, 0.2) is 0 Å². The van der Waals surface area contributed by atoms with Gasteiger partial charge in [0.05, 0.1) is 24.3 Å². The first kappa shape index (κ1) is 14.6. The van der Waals surface area contributed by atoms with Crippen LogP contribution in [0, 0.1) is 0 Å². The molecule has 7 nitrogen and oxygen atoms in total. The van der Waals surface area contributed by atoms with Gasteiger partial charge in [-0.2, -0.15) is 0 Å². The second-order valence-electron chi connectivity index (χ2n) is 5.61. The Morgan fingerprint density at radius 3 is 2.33 bits per heavy atom. The highest BCUT2D eigenvalue weighted by Crippen LogP contribution is 2.20. The number of rotatable bonds is 3. The molecule has 0 saturated carbocycles. The predicted octanol–water partition coefficient (Wildman–Crippen LogP) is 1.75. The molecule has 0 bridgehead atoms. The van der Waals surface area contributed by atoms with Crippen molar-refractivity contribution >= 4 is 22.7 Å². The number of nitrogens with zero attached hydrogens (tertiary/aromatic N) is 6. The minimum atomic E-state index is 0.586. The van der Waals surface area contributed by atoms with Gasteiger partial charge in [0.2, 0.25) is 5.88 Å². The minimum Gasteiger partial charge on any atom is -0.481 e. The van der Waals surface area contributed by atoms with Gasteiger partial charge in [-0.1, -0.05) is 12.1 Å². The van der Waals surface area contributed by atoms with E-state index in [0.717, 1.165) is 48.8 Å². The van der Waals surface area contributed by atoms with Crippen LogP contribution in [-0.2, 0) is 0 Å². The monoisotopic (exact) mass is 322 g/mol. The fourth-order valence-electron chi connectivity index (χ4n) is 2.88. The highest BCUT2D eigenvalue weighted by atomic mass is 16.5. The Bertz CT molecular complexity index is 847. The number of hydrogen-bond donors (Lipinski definition) is 0. The van der Waals surface area contributed by atoms with Crippen LogP contribution in [0.15, 0.2) is 42.9 Å². The van der Waals surface area contributed by atoms with Gasteiger partial charge < -0.3 is 14.5 Å². The number of methoxy groups -OCH3 is 1. The van der Waals surface area contributed by atoms with Crippen molar-refractivity contribution in [2.75, 3.05) is 43.1 Å². The van der Waals surface area contributed by atoms with Crippen LogP contribution in [0.25, 0.3) is 11.0 Å². The van der Waals surface area contributed by atoms with Crippen molar-refractivity contribution in [3.8, 4) is 5.88 Å². The second kappa shape index (κ2) is 6.27. The molecule has 7 heteroatoms. The number of piperazine rings is 1. The molecule has 0 aliphatic carbocycles. The minimum absolute atomic E-state index is 0.586. The van der Waals surface area contributed by atoms with Crippen molar-refractivity contribution in [3.05, 3.63) is 42.9 Å². The number of para-hydroxylation sites is 2. The third-order valence-corrected chi connectivity index (χ3v) is 4.20. The van der Waals surface area contributed by atoms with E-state index in [1.807, 2.05) is 36.5 Å². The zero-order chi connectivity index (χ0) is 16.4. The summed E-state index contributed by atoms with van der Waals surface area (Å²) in [5, 5.41) is 0. The molecule has 3 heterocycles. The van der Waals surface area contributed by atoms with Crippen LogP contribution >= 0.6 is 0 Å². The lowest BCUT2D eigenvalue weighted by molar-refractivity contribution is 0.396. The third-order valence-electron chi connectivity index (χ3n) is 4.20. The highest BCUT2D eigenvalue weighted by molar-refractivity contribution is 5.75. The van der Waals surface area contributed by atoms with E-state index in [4.69, 9.17) is 9.72 Å². The lowest BCUT2D eigenvalue weighted by atomic mass is 10.3. The summed E-state index contributed by atoms with van der Waals surface area (Å²) >= 11 is 0. The number of benzene rings is 1. The summed E-state index contributed by atoms with van der Waals surface area (Å²) in [7, 11) is 1.61. The van der Waals surface area contributed by atoms with Crippen LogP contribution in [-0.4, -0.2) is 53.2 Å². The smallest absolute Gasteiger partial charge is 0.218 e. The quantitative estimate of drug-likeness (QED) is 0.728. The zero-order valence-electron chi connectivity index (χ0n) is 13.5. The van der Waals surface area contributed by atoms with Crippen LogP contribution in [0.4, 0.5) is 11.6 Å². The normalized spacial score (nSPS) is 14.9. The van der Waals surface area contributed by atoms with E-state index >= 15 is 0 Å². The average Bonchev–Trinajstić information content (AvgIpc) is 2.68. The van der Waals surface area contributed by atoms with Crippen molar-refractivity contribution in [1.82, 2.24) is 19.9 Å². The third kappa shape index (κ3) is 2.80. The lowest BCUT2D eigenvalue weighted by Crippen LogP contribution is -2.47. The number of anilines is 2. The van der Waals surface area contributed by atoms with Gasteiger partial charge >= 0.3 is 0 Å². The van der Waals surface area contributed by atoms with Gasteiger partial charge in [-0.25, -0.2) is 15.0 Å². The molecule has 24 heavy (non-hydrogen) atoms. The maximum atomic E-state index is 5.17. The first-order valence-corrected chi connectivity index (χ1v) is 7.91. The SMILES string of the molecule is COc1cc(N2CCN(c3cnc4ccccc4n3)CC2)ncn1. The van der Waals surface area contributed by atoms with E-state index in [2.05, 4.69) is 24.8 Å². The molecule has 0 spiro atoms. The van der Waals surface area contributed by atoms with Gasteiger partial charge in [-0.05, 0) is 12.1 Å². The molecule has 1 fully saturated rings. The Hall–Kier alpha value is -2.96. The topological polar surface area (TPSA) is 67.3 Å². The van der Waals surface area contributed by atoms with E-state index < -0.39 is 0 Å². The Balaban J connectivity index is 1.48. The fourth-order valence-corrected chi connectivity index (χ4v) is 2.88. The van der Waals surface area contributed by atoms with Crippen LogP contribution < -0.4 is 14.5 Å². The first-order valence-electron chi connectivity index (χ1n) is 7.91. The van der Waals surface area contributed by atoms with Gasteiger partial charge in [-0.15, -0.1) is 0 Å². The van der Waals surface area contributed by atoms with E-state index in [0.29, 0.717) is 5.88 Å². The van der Waals surface area contributed by atoms with Gasteiger partial charge in [0.25, 0.3) is 0 Å². The van der Waals surface area contributed by atoms with Crippen LogP contribution in [0.1, 0.15) is 0 Å². The second-order valence-corrected chi connectivity index (χ2v) is 5.61. The fraction of sp³-hybridized carbons (Fsp3) is 0.294. The molecule has 1 saturated heterocycles. The predicted molar refractivity (Wildman–Crippen MR) is 92.5 cm³/mol. The summed E-state index contributed by atoms with van der Waals surface area (Å²) in [5.74, 6) is 2.41. The van der Waals surface area contributed by atoms with E-state index in [-0.39, 0.29) is 0 Å². The zero-order valence-corrected chi connectivity index (χ0v) is 13.5. The molecule has 4 rings (SSSR count). The van der Waals surface area contributed by atoms with Crippen molar-refractivity contribution in [2.45, 2.75) is 0 Å². The molecule has 1 aromatic carbocycles. The summed E-state index contributed by atoms with van der Waals surface area (Å²) in [4.78, 5) is 22.1. The number of aromatic nitrogens is 4. The Morgan fingerprint density at radius 1 is 0.875 bits per heavy atom. The highest BCUT2D eigenvalue weighted by Gasteiger charge is 2.20. The summed E-state index contributed by atoms with van der Waals surface area (Å²) in [6, 6.07) is 9.81. The largest absolute Gasteiger partial charge is 0.481 e. The van der Waals surface area contributed by atoms with E-state index in [9.17, 15) is 0 Å². The van der Waals surface area contributed by atoms with Crippen molar-refractivity contribution < 1.29 is 4.74 Å². The van der Waals surface area contributed by atoms with Gasteiger partial charge in [0.1, 0.15) is 18.0 Å². The van der Waals surface area contributed by atoms with Crippen molar-refractivity contribution in [1.29, 1.82) is 0 Å². The summed E-state index contributed by atoms with van der Waals surface area (Å²) < 4.78 is 5.17. The molecule has 0 N–H and O–H groups in total. The van der Waals surface area contributed by atoms with Gasteiger partial charge in [0, 0.05) is 32.2 Å². The summed E-state index contributed by atoms with van der Waals surface area (Å²) in [6.07, 6.45) is 3.39. The molecule has 0 radical (unpaired) electrons. The molecule has 1 aliphatic rings. The molecule has 2 aromatic heterocycles. The van der Waals surface area contributed by atoms with Crippen LogP contribution in [0.3, 0.4) is 0 Å². The molecule has 0 amide bonds. The molecule has 0 atom stereocenters. The molecule has 0 unspecified atom stereocenters. The van der Waals surface area contributed by atoms with Crippen LogP contribution in [0.2, 0.25) is 0 Å². The van der Waals surface area contributed by atoms with Crippen molar-refractivity contribution in [3.63, 3.8) is 0 Å². The molecular weight excluding hydrogens is 304 g/mol. The standard InChI is InChI=1S/C17H18N6O/c1-24-17-10-15(19-12-20-17)22-6-8-23(9-7-22)16-11-18-13-4-2-3-5-14(13)21-16/h2-5,10-12H,6-9H2,1H3. The maximum absolute atomic E-state index is 5.17. The number of fused-ring (bicyclic) bond motifs is 1. The summed E-state index contributed by atoms with van der Waals surface area (Å²) in [6.45, 7) is 3.49. The molecule has 3 aromatic rings. The van der Waals surface area contributed by atoms with Gasteiger partial charge in [-0.3, -0.25) is 4.98 Å². The number of ether oxygens (including phenoxy) is 1. The Labute approximate surface area is 140 Å². The molecule has 122 valence electrons.